The first kappa shape index (κ1) is 28.7. The van der Waals surface area contributed by atoms with Crippen LogP contribution in [0.5, 0.6) is 0 Å². The molecule has 37 heavy (non-hydrogen) atoms. The standard InChI is InChI=1S/C29H41N3O4S/c1-21(2)26-13-9-10-14-27(26)32(37(5,35)36)20-28(33)31(19-24-17-15-22(3)16-18-24)23(4)29(34)30-25-11-7-6-8-12-25/h9-10,13-18,21,23,25H,6-8,11-12,19-20H2,1-5H3,(H,30,34)/t23-/m0/s1. The Morgan fingerprint density at radius 1 is 0.973 bits per heavy atom. The summed E-state index contributed by atoms with van der Waals surface area (Å²) in [6.45, 7) is 7.52. The lowest BCUT2D eigenvalue weighted by Gasteiger charge is -2.33. The van der Waals surface area contributed by atoms with Crippen molar-refractivity contribution in [3.63, 3.8) is 0 Å². The second kappa shape index (κ2) is 12.6. The summed E-state index contributed by atoms with van der Waals surface area (Å²) in [6, 6.07) is 14.4. The minimum absolute atomic E-state index is 0.0689. The SMILES string of the molecule is Cc1ccc(CN(C(=O)CN(c2ccccc2C(C)C)S(C)(=O)=O)[C@@H](C)C(=O)NC2CCCCC2)cc1. The van der Waals surface area contributed by atoms with Crippen LogP contribution in [0.2, 0.25) is 0 Å². The zero-order valence-corrected chi connectivity index (χ0v) is 23.6. The highest BCUT2D eigenvalue weighted by Gasteiger charge is 2.32. The zero-order valence-electron chi connectivity index (χ0n) is 22.7. The molecule has 202 valence electrons. The highest BCUT2D eigenvalue weighted by atomic mass is 32.2. The number of carbonyl (C=O) groups excluding carboxylic acids is 2. The molecule has 7 nitrogen and oxygen atoms in total. The van der Waals surface area contributed by atoms with Gasteiger partial charge >= 0.3 is 0 Å². The molecule has 0 saturated heterocycles. The molecule has 0 aromatic heterocycles. The van der Waals surface area contributed by atoms with E-state index in [1.54, 1.807) is 19.1 Å². The number of rotatable bonds is 10. The molecule has 2 aromatic rings. The monoisotopic (exact) mass is 527 g/mol. The summed E-state index contributed by atoms with van der Waals surface area (Å²) < 4.78 is 27.0. The number of hydrogen-bond donors (Lipinski definition) is 1. The van der Waals surface area contributed by atoms with Crippen LogP contribution in [0.4, 0.5) is 5.69 Å². The van der Waals surface area contributed by atoms with Gasteiger partial charge in [-0.3, -0.25) is 13.9 Å². The van der Waals surface area contributed by atoms with Crippen LogP contribution in [0, 0.1) is 6.92 Å². The number of benzene rings is 2. The van der Waals surface area contributed by atoms with E-state index in [9.17, 15) is 18.0 Å². The molecule has 0 spiro atoms. The summed E-state index contributed by atoms with van der Waals surface area (Å²) >= 11 is 0. The van der Waals surface area contributed by atoms with Gasteiger partial charge < -0.3 is 10.2 Å². The number of amides is 2. The third-order valence-electron chi connectivity index (χ3n) is 7.10. The maximum Gasteiger partial charge on any atom is 0.244 e. The summed E-state index contributed by atoms with van der Waals surface area (Å²) in [5.74, 6) is -0.559. The molecule has 1 aliphatic rings. The first-order valence-electron chi connectivity index (χ1n) is 13.2. The molecule has 3 rings (SSSR count). The van der Waals surface area contributed by atoms with Crippen molar-refractivity contribution in [3.8, 4) is 0 Å². The zero-order chi connectivity index (χ0) is 27.2. The Morgan fingerprint density at radius 3 is 2.19 bits per heavy atom. The van der Waals surface area contributed by atoms with Crippen LogP contribution in [0.3, 0.4) is 0 Å². The molecule has 0 heterocycles. The molecule has 8 heteroatoms. The van der Waals surface area contributed by atoms with Crippen molar-refractivity contribution >= 4 is 27.5 Å². The van der Waals surface area contributed by atoms with E-state index in [4.69, 9.17) is 0 Å². The summed E-state index contributed by atoms with van der Waals surface area (Å²) in [6.07, 6.45) is 6.35. The number of anilines is 1. The number of sulfonamides is 1. The van der Waals surface area contributed by atoms with Crippen molar-refractivity contribution in [2.24, 2.45) is 0 Å². The molecule has 1 N–H and O–H groups in total. The highest BCUT2D eigenvalue weighted by Crippen LogP contribution is 2.29. The average Bonchev–Trinajstić information content (AvgIpc) is 2.86. The van der Waals surface area contributed by atoms with E-state index in [0.717, 1.165) is 48.6 Å². The molecule has 2 amide bonds. The molecule has 1 aliphatic carbocycles. The highest BCUT2D eigenvalue weighted by molar-refractivity contribution is 7.92. The van der Waals surface area contributed by atoms with Gasteiger partial charge in [0.15, 0.2) is 0 Å². The van der Waals surface area contributed by atoms with Crippen LogP contribution in [-0.2, 0) is 26.2 Å². The Morgan fingerprint density at radius 2 is 1.59 bits per heavy atom. The maximum atomic E-state index is 13.8. The Hall–Kier alpha value is -2.87. The molecule has 0 aliphatic heterocycles. The molecular formula is C29H41N3O4S. The first-order chi connectivity index (χ1) is 17.5. The van der Waals surface area contributed by atoms with E-state index in [-0.39, 0.29) is 31.0 Å². The van der Waals surface area contributed by atoms with E-state index >= 15 is 0 Å². The minimum Gasteiger partial charge on any atom is -0.352 e. The summed E-state index contributed by atoms with van der Waals surface area (Å²) in [5, 5.41) is 3.12. The molecular weight excluding hydrogens is 486 g/mol. The lowest BCUT2D eigenvalue weighted by atomic mass is 9.95. The largest absolute Gasteiger partial charge is 0.352 e. The van der Waals surface area contributed by atoms with Crippen molar-refractivity contribution in [2.45, 2.75) is 84.3 Å². The molecule has 1 fully saturated rings. The van der Waals surface area contributed by atoms with Gasteiger partial charge in [-0.15, -0.1) is 0 Å². The topological polar surface area (TPSA) is 86.8 Å². The fourth-order valence-corrected chi connectivity index (χ4v) is 5.71. The van der Waals surface area contributed by atoms with E-state index in [1.807, 2.05) is 57.2 Å². The van der Waals surface area contributed by atoms with Crippen LogP contribution in [0.25, 0.3) is 0 Å². The number of para-hydroxylation sites is 1. The fourth-order valence-electron chi connectivity index (χ4n) is 4.84. The van der Waals surface area contributed by atoms with Gasteiger partial charge in [-0.05, 0) is 49.8 Å². The second-order valence-electron chi connectivity index (χ2n) is 10.5. The number of hydrogen-bond acceptors (Lipinski definition) is 4. The lowest BCUT2D eigenvalue weighted by molar-refractivity contribution is -0.139. The molecule has 1 saturated carbocycles. The number of nitrogens with zero attached hydrogens (tertiary/aromatic N) is 2. The smallest absolute Gasteiger partial charge is 0.244 e. The number of carbonyl (C=O) groups is 2. The molecule has 2 aromatic carbocycles. The fraction of sp³-hybridized carbons (Fsp3) is 0.517. The van der Waals surface area contributed by atoms with Crippen LogP contribution in [0.1, 0.15) is 75.5 Å². The summed E-state index contributed by atoms with van der Waals surface area (Å²) in [4.78, 5) is 28.6. The third-order valence-corrected chi connectivity index (χ3v) is 8.23. The van der Waals surface area contributed by atoms with Gasteiger partial charge in [-0.2, -0.15) is 0 Å². The van der Waals surface area contributed by atoms with Gasteiger partial charge in [-0.25, -0.2) is 8.42 Å². The number of aryl methyl sites for hydroxylation is 1. The Labute approximate surface area is 222 Å². The van der Waals surface area contributed by atoms with E-state index in [0.29, 0.717) is 5.69 Å². The van der Waals surface area contributed by atoms with Crippen LogP contribution < -0.4 is 9.62 Å². The van der Waals surface area contributed by atoms with Crippen LogP contribution in [0.15, 0.2) is 48.5 Å². The van der Waals surface area contributed by atoms with E-state index in [2.05, 4.69) is 5.32 Å². The Balaban J connectivity index is 1.91. The minimum atomic E-state index is -3.76. The van der Waals surface area contributed by atoms with Gasteiger partial charge in [0.1, 0.15) is 12.6 Å². The van der Waals surface area contributed by atoms with Crippen molar-refractivity contribution in [1.29, 1.82) is 0 Å². The summed E-state index contributed by atoms with van der Waals surface area (Å²) in [5.41, 5.74) is 3.31. The second-order valence-corrected chi connectivity index (χ2v) is 12.4. The predicted molar refractivity (Wildman–Crippen MR) is 149 cm³/mol. The van der Waals surface area contributed by atoms with Crippen LogP contribution >= 0.6 is 0 Å². The van der Waals surface area contributed by atoms with Crippen molar-refractivity contribution in [2.75, 3.05) is 17.1 Å². The normalized spacial score (nSPS) is 15.3. The van der Waals surface area contributed by atoms with Crippen LogP contribution in [-0.4, -0.2) is 50.0 Å². The maximum absolute atomic E-state index is 13.8. The van der Waals surface area contributed by atoms with Crippen molar-refractivity contribution < 1.29 is 18.0 Å². The van der Waals surface area contributed by atoms with Gasteiger partial charge in [-0.1, -0.05) is 81.1 Å². The predicted octanol–water partition coefficient (Wildman–Crippen LogP) is 4.75. The molecule has 0 radical (unpaired) electrons. The number of nitrogens with one attached hydrogen (secondary N) is 1. The van der Waals surface area contributed by atoms with E-state index in [1.165, 1.54) is 15.6 Å². The van der Waals surface area contributed by atoms with Gasteiger partial charge in [0, 0.05) is 12.6 Å². The average molecular weight is 528 g/mol. The first-order valence-corrected chi connectivity index (χ1v) is 15.0. The molecule has 0 unspecified atom stereocenters. The van der Waals surface area contributed by atoms with Crippen molar-refractivity contribution in [1.82, 2.24) is 10.2 Å². The van der Waals surface area contributed by atoms with Gasteiger partial charge in [0.25, 0.3) is 0 Å². The summed E-state index contributed by atoms with van der Waals surface area (Å²) in [7, 11) is -3.76. The van der Waals surface area contributed by atoms with E-state index < -0.39 is 22.0 Å². The van der Waals surface area contributed by atoms with Crippen molar-refractivity contribution in [3.05, 3.63) is 65.2 Å². The Kier molecular flexibility index (Phi) is 9.76. The molecule has 0 bridgehead atoms. The Bertz CT molecular complexity index is 1170. The van der Waals surface area contributed by atoms with Gasteiger partial charge in [0.05, 0.1) is 11.9 Å². The molecule has 1 atom stereocenters. The quantitative estimate of drug-likeness (QED) is 0.483. The van der Waals surface area contributed by atoms with Gasteiger partial charge in [0.2, 0.25) is 21.8 Å². The lowest BCUT2D eigenvalue weighted by Crippen LogP contribution is -2.53. The third kappa shape index (κ3) is 7.81.